The van der Waals surface area contributed by atoms with Crippen LogP contribution in [0, 0.1) is 5.92 Å². The third kappa shape index (κ3) is 4.55. The van der Waals surface area contributed by atoms with Gasteiger partial charge in [-0.25, -0.2) is 0 Å². The van der Waals surface area contributed by atoms with E-state index in [0.29, 0.717) is 13.1 Å². The molecular weight excluding hydrogens is 346 g/mol. The quantitative estimate of drug-likeness (QED) is 0.859. The number of nitrogens with zero attached hydrogens (tertiary/aromatic N) is 2. The highest BCUT2D eigenvalue weighted by molar-refractivity contribution is 9.10. The molecule has 1 fully saturated rings. The summed E-state index contributed by atoms with van der Waals surface area (Å²) in [6.45, 7) is 2.48. The molecule has 1 aliphatic rings. The molecule has 0 aromatic heterocycles. The van der Waals surface area contributed by atoms with Gasteiger partial charge in [0.2, 0.25) is 11.8 Å². The number of primary amides is 1. The van der Waals surface area contributed by atoms with Crippen molar-refractivity contribution in [1.82, 2.24) is 9.80 Å². The predicted octanol–water partition coefficient (Wildman–Crippen LogP) is 1.60. The van der Waals surface area contributed by atoms with Crippen molar-refractivity contribution in [2.24, 2.45) is 11.7 Å². The Morgan fingerprint density at radius 2 is 1.95 bits per heavy atom. The summed E-state index contributed by atoms with van der Waals surface area (Å²) in [5.74, 6) is -0.172. The number of carbonyl (C=O) groups is 2. The van der Waals surface area contributed by atoms with Crippen molar-refractivity contribution in [1.29, 1.82) is 0 Å². The maximum Gasteiger partial charge on any atom is 0.236 e. The van der Waals surface area contributed by atoms with E-state index < -0.39 is 0 Å². The van der Waals surface area contributed by atoms with Gasteiger partial charge in [0.25, 0.3) is 0 Å². The minimum atomic E-state index is -0.225. The van der Waals surface area contributed by atoms with Crippen molar-refractivity contribution in [2.45, 2.75) is 19.4 Å². The molecule has 2 amide bonds. The summed E-state index contributed by atoms with van der Waals surface area (Å²) in [6.07, 6.45) is 1.49. The number of benzene rings is 1. The molecule has 1 aliphatic heterocycles. The lowest BCUT2D eigenvalue weighted by Gasteiger charge is -2.31. The number of likely N-dealkylation sites (tertiary alicyclic amines) is 1. The first-order chi connectivity index (χ1) is 10.5. The van der Waals surface area contributed by atoms with Gasteiger partial charge in [0.05, 0.1) is 6.54 Å². The Morgan fingerprint density at radius 1 is 1.32 bits per heavy atom. The molecule has 0 saturated carbocycles. The van der Waals surface area contributed by atoms with Crippen molar-refractivity contribution >= 4 is 27.7 Å². The van der Waals surface area contributed by atoms with Gasteiger partial charge in [-0.1, -0.05) is 34.1 Å². The summed E-state index contributed by atoms with van der Waals surface area (Å²) in [5, 5.41) is 0. The summed E-state index contributed by atoms with van der Waals surface area (Å²) in [5.41, 5.74) is 6.41. The molecule has 0 spiro atoms. The lowest BCUT2D eigenvalue weighted by molar-refractivity contribution is -0.132. The van der Waals surface area contributed by atoms with Gasteiger partial charge in [-0.2, -0.15) is 0 Å². The second-order valence-electron chi connectivity index (χ2n) is 5.79. The first-order valence-electron chi connectivity index (χ1n) is 7.46. The summed E-state index contributed by atoms with van der Waals surface area (Å²) < 4.78 is 1.01. The van der Waals surface area contributed by atoms with Crippen LogP contribution in [0.4, 0.5) is 0 Å². The average molecular weight is 368 g/mol. The Morgan fingerprint density at radius 3 is 2.55 bits per heavy atom. The van der Waals surface area contributed by atoms with Crippen molar-refractivity contribution in [3.8, 4) is 0 Å². The van der Waals surface area contributed by atoms with E-state index in [4.69, 9.17) is 5.73 Å². The number of halogens is 1. The Kier molecular flexibility index (Phi) is 5.97. The zero-order chi connectivity index (χ0) is 16.1. The fourth-order valence-corrected chi connectivity index (χ4v) is 3.07. The Balaban J connectivity index is 1.82. The van der Waals surface area contributed by atoms with Gasteiger partial charge in [0, 0.05) is 24.0 Å². The molecule has 0 atom stereocenters. The summed E-state index contributed by atoms with van der Waals surface area (Å²) in [6, 6.07) is 7.90. The number of carbonyl (C=O) groups excluding carboxylic acids is 2. The number of amides is 2. The Labute approximate surface area is 139 Å². The van der Waals surface area contributed by atoms with Gasteiger partial charge in [-0.3, -0.25) is 14.5 Å². The van der Waals surface area contributed by atoms with Gasteiger partial charge in [-0.15, -0.1) is 0 Å². The van der Waals surface area contributed by atoms with Gasteiger partial charge in [0.15, 0.2) is 0 Å². The zero-order valence-corrected chi connectivity index (χ0v) is 14.4. The van der Waals surface area contributed by atoms with E-state index in [-0.39, 0.29) is 17.7 Å². The molecule has 2 rings (SSSR count). The van der Waals surface area contributed by atoms with Gasteiger partial charge < -0.3 is 10.6 Å². The molecule has 2 N–H and O–H groups in total. The van der Waals surface area contributed by atoms with Crippen LogP contribution in [-0.2, 0) is 16.1 Å². The van der Waals surface area contributed by atoms with Crippen molar-refractivity contribution in [3.63, 3.8) is 0 Å². The molecule has 0 aliphatic carbocycles. The third-order valence-corrected chi connectivity index (χ3v) is 4.91. The first-order valence-corrected chi connectivity index (χ1v) is 8.25. The monoisotopic (exact) mass is 367 g/mol. The van der Waals surface area contributed by atoms with E-state index in [9.17, 15) is 9.59 Å². The molecule has 120 valence electrons. The minimum absolute atomic E-state index is 0.0376. The number of nitrogens with two attached hydrogens (primary N) is 1. The lowest BCUT2D eigenvalue weighted by Crippen LogP contribution is -2.43. The number of likely N-dealkylation sites (N-methyl/N-ethyl adjacent to an activating group) is 1. The van der Waals surface area contributed by atoms with E-state index in [1.165, 1.54) is 0 Å². The Hall–Kier alpha value is -1.40. The van der Waals surface area contributed by atoms with Crippen LogP contribution in [0.1, 0.15) is 18.4 Å². The van der Waals surface area contributed by atoms with Crippen LogP contribution >= 0.6 is 15.9 Å². The number of hydrogen-bond acceptors (Lipinski definition) is 3. The smallest absolute Gasteiger partial charge is 0.236 e. The molecule has 1 aromatic carbocycles. The van der Waals surface area contributed by atoms with Crippen LogP contribution < -0.4 is 5.73 Å². The fraction of sp³-hybridized carbons (Fsp3) is 0.500. The fourth-order valence-electron chi connectivity index (χ4n) is 2.66. The summed E-state index contributed by atoms with van der Waals surface area (Å²) >= 11 is 3.50. The van der Waals surface area contributed by atoms with Crippen molar-refractivity contribution < 1.29 is 9.59 Å². The standard InChI is InChI=1S/C16H22BrN3O2/c1-19(10-13-4-2-3-5-14(13)17)15(21)11-20-8-6-12(7-9-20)16(18)22/h2-5,12H,6-11H2,1H3,(H2,18,22). The highest BCUT2D eigenvalue weighted by Gasteiger charge is 2.25. The second kappa shape index (κ2) is 7.74. The van der Waals surface area contributed by atoms with E-state index in [1.54, 1.807) is 4.90 Å². The molecule has 6 heteroatoms. The van der Waals surface area contributed by atoms with E-state index in [0.717, 1.165) is 36.0 Å². The molecule has 0 unspecified atom stereocenters. The molecule has 1 aromatic rings. The number of hydrogen-bond donors (Lipinski definition) is 1. The summed E-state index contributed by atoms with van der Waals surface area (Å²) in [4.78, 5) is 27.3. The normalized spacial score (nSPS) is 16.5. The van der Waals surface area contributed by atoms with Crippen LogP contribution in [0.15, 0.2) is 28.7 Å². The number of piperidine rings is 1. The van der Waals surface area contributed by atoms with Gasteiger partial charge in [-0.05, 0) is 37.6 Å². The first kappa shape index (κ1) is 17.0. The molecule has 0 radical (unpaired) electrons. The van der Waals surface area contributed by atoms with Crippen molar-refractivity contribution in [2.75, 3.05) is 26.7 Å². The molecule has 1 heterocycles. The van der Waals surface area contributed by atoms with Crippen LogP contribution in [0.25, 0.3) is 0 Å². The van der Waals surface area contributed by atoms with Gasteiger partial charge >= 0.3 is 0 Å². The predicted molar refractivity (Wildman–Crippen MR) is 89.0 cm³/mol. The maximum atomic E-state index is 12.3. The topological polar surface area (TPSA) is 66.6 Å². The van der Waals surface area contributed by atoms with E-state index in [1.807, 2.05) is 31.3 Å². The van der Waals surface area contributed by atoms with Crippen LogP contribution in [0.3, 0.4) is 0 Å². The molecular formula is C16H22BrN3O2. The highest BCUT2D eigenvalue weighted by atomic mass is 79.9. The summed E-state index contributed by atoms with van der Waals surface area (Å²) in [7, 11) is 1.82. The minimum Gasteiger partial charge on any atom is -0.369 e. The van der Waals surface area contributed by atoms with E-state index in [2.05, 4.69) is 20.8 Å². The highest BCUT2D eigenvalue weighted by Crippen LogP contribution is 2.18. The molecule has 5 nitrogen and oxygen atoms in total. The molecule has 0 bridgehead atoms. The second-order valence-corrected chi connectivity index (χ2v) is 6.65. The average Bonchev–Trinajstić information content (AvgIpc) is 2.50. The Bertz CT molecular complexity index is 542. The van der Waals surface area contributed by atoms with E-state index >= 15 is 0 Å². The lowest BCUT2D eigenvalue weighted by atomic mass is 9.96. The van der Waals surface area contributed by atoms with Crippen LogP contribution in [-0.4, -0.2) is 48.3 Å². The van der Waals surface area contributed by atoms with Crippen LogP contribution in [0.5, 0.6) is 0 Å². The molecule has 22 heavy (non-hydrogen) atoms. The number of rotatable bonds is 5. The van der Waals surface area contributed by atoms with Gasteiger partial charge in [0.1, 0.15) is 0 Å². The largest absolute Gasteiger partial charge is 0.369 e. The van der Waals surface area contributed by atoms with Crippen LogP contribution in [0.2, 0.25) is 0 Å². The molecule has 1 saturated heterocycles. The maximum absolute atomic E-state index is 12.3. The zero-order valence-electron chi connectivity index (χ0n) is 12.8. The third-order valence-electron chi connectivity index (χ3n) is 4.14. The van der Waals surface area contributed by atoms with Crippen molar-refractivity contribution in [3.05, 3.63) is 34.3 Å². The SMILES string of the molecule is CN(Cc1ccccc1Br)C(=O)CN1CCC(C(N)=O)CC1.